The van der Waals surface area contributed by atoms with Crippen LogP contribution in [-0.2, 0) is 11.3 Å². The van der Waals surface area contributed by atoms with E-state index in [1.165, 1.54) is 11.8 Å². The van der Waals surface area contributed by atoms with Crippen LogP contribution in [-0.4, -0.2) is 27.8 Å². The normalized spacial score (nSPS) is 10.8. The molecule has 22 heavy (non-hydrogen) atoms. The molecule has 0 aliphatic rings. The zero-order valence-corrected chi connectivity index (χ0v) is 13.8. The second-order valence-corrected chi connectivity index (χ2v) is 5.91. The van der Waals surface area contributed by atoms with Gasteiger partial charge in [-0.05, 0) is 25.5 Å². The largest absolute Gasteiger partial charge is 0.355 e. The Bertz CT molecular complexity index is 712. The van der Waals surface area contributed by atoms with Gasteiger partial charge in [0, 0.05) is 13.1 Å². The molecule has 2 rings (SSSR count). The van der Waals surface area contributed by atoms with Gasteiger partial charge in [-0.2, -0.15) is 0 Å². The summed E-state index contributed by atoms with van der Waals surface area (Å²) in [6.07, 6.45) is 2.01. The third-order valence-corrected chi connectivity index (χ3v) is 4.28. The number of thioether (sulfide) groups is 1. The minimum atomic E-state index is -0.132. The van der Waals surface area contributed by atoms with Gasteiger partial charge < -0.3 is 9.88 Å². The highest BCUT2D eigenvalue weighted by molar-refractivity contribution is 7.99. The van der Waals surface area contributed by atoms with Crippen LogP contribution in [0.3, 0.4) is 0 Å². The molecule has 1 aromatic carbocycles. The number of carbonyl (C=O) groups excluding carboxylic acids is 1. The van der Waals surface area contributed by atoms with Crippen molar-refractivity contribution in [1.29, 1.82) is 0 Å². The van der Waals surface area contributed by atoms with Gasteiger partial charge in [-0.1, -0.05) is 37.2 Å². The average Bonchev–Trinajstić information content (AvgIpc) is 2.53. The maximum Gasteiger partial charge on any atom is 0.283 e. The van der Waals surface area contributed by atoms with Gasteiger partial charge in [0.15, 0.2) is 5.03 Å². The Labute approximate surface area is 134 Å². The summed E-state index contributed by atoms with van der Waals surface area (Å²) in [5.41, 5.74) is 1.47. The molecule has 1 aromatic heterocycles. The van der Waals surface area contributed by atoms with Crippen molar-refractivity contribution in [2.45, 2.75) is 38.3 Å². The standard InChI is InChI=1S/C16H21N3O2S/c1-3-5-10-17-14(20)11-22-15-16(21)19(4-2)13-9-7-6-8-12(13)18-15/h6-9H,3-5,10-11H2,1-2H3,(H,17,20). The molecular weight excluding hydrogens is 298 g/mol. The lowest BCUT2D eigenvalue weighted by Gasteiger charge is -2.10. The number of amides is 1. The summed E-state index contributed by atoms with van der Waals surface area (Å²) in [5.74, 6) is 0.157. The number of nitrogens with one attached hydrogen (secondary N) is 1. The summed E-state index contributed by atoms with van der Waals surface area (Å²) in [5, 5.41) is 3.22. The predicted octanol–water partition coefficient (Wildman–Crippen LogP) is 2.42. The van der Waals surface area contributed by atoms with Crippen molar-refractivity contribution < 1.29 is 4.79 Å². The second-order valence-electron chi connectivity index (χ2n) is 4.95. The number of unbranched alkanes of at least 4 members (excludes halogenated alkanes) is 1. The maximum absolute atomic E-state index is 12.4. The van der Waals surface area contributed by atoms with E-state index >= 15 is 0 Å². The molecule has 118 valence electrons. The molecule has 1 amide bonds. The number of aryl methyl sites for hydroxylation is 1. The molecule has 0 radical (unpaired) electrons. The minimum absolute atomic E-state index is 0.0594. The van der Waals surface area contributed by atoms with Crippen LogP contribution in [0.5, 0.6) is 0 Å². The van der Waals surface area contributed by atoms with Crippen LogP contribution in [0.15, 0.2) is 34.1 Å². The summed E-state index contributed by atoms with van der Waals surface area (Å²) in [7, 11) is 0. The summed E-state index contributed by atoms with van der Waals surface area (Å²) in [4.78, 5) is 28.6. The lowest BCUT2D eigenvalue weighted by molar-refractivity contribution is -0.118. The molecule has 0 fully saturated rings. The first-order valence-electron chi connectivity index (χ1n) is 7.56. The SMILES string of the molecule is CCCCNC(=O)CSc1nc2ccccc2n(CC)c1=O. The number of carbonyl (C=O) groups is 1. The predicted molar refractivity (Wildman–Crippen MR) is 90.3 cm³/mol. The van der Waals surface area contributed by atoms with Gasteiger partial charge in [0.1, 0.15) is 0 Å². The van der Waals surface area contributed by atoms with E-state index in [-0.39, 0.29) is 17.2 Å². The average molecular weight is 319 g/mol. The molecular formula is C16H21N3O2S. The highest BCUT2D eigenvalue weighted by atomic mass is 32.2. The molecule has 0 unspecified atom stereocenters. The Morgan fingerprint density at radius 2 is 2.09 bits per heavy atom. The van der Waals surface area contributed by atoms with Crippen molar-refractivity contribution >= 4 is 28.7 Å². The number of para-hydroxylation sites is 2. The minimum Gasteiger partial charge on any atom is -0.355 e. The van der Waals surface area contributed by atoms with Crippen molar-refractivity contribution in [2.75, 3.05) is 12.3 Å². The topological polar surface area (TPSA) is 64.0 Å². The summed E-state index contributed by atoms with van der Waals surface area (Å²) >= 11 is 1.20. The number of benzene rings is 1. The van der Waals surface area contributed by atoms with Crippen molar-refractivity contribution in [3.8, 4) is 0 Å². The van der Waals surface area contributed by atoms with Crippen LogP contribution in [0, 0.1) is 0 Å². The Balaban J connectivity index is 2.16. The Kier molecular flexibility index (Phi) is 6.00. The lowest BCUT2D eigenvalue weighted by Crippen LogP contribution is -2.27. The summed E-state index contributed by atoms with van der Waals surface area (Å²) in [6.45, 7) is 5.27. The molecule has 6 heteroatoms. The zero-order valence-electron chi connectivity index (χ0n) is 13.0. The van der Waals surface area contributed by atoms with Gasteiger partial charge >= 0.3 is 0 Å². The number of rotatable bonds is 7. The summed E-state index contributed by atoms with van der Waals surface area (Å²) < 4.78 is 1.69. The quantitative estimate of drug-likeness (QED) is 0.629. The first kappa shape index (κ1) is 16.5. The van der Waals surface area contributed by atoms with E-state index in [1.54, 1.807) is 4.57 Å². The van der Waals surface area contributed by atoms with E-state index in [4.69, 9.17) is 0 Å². The molecule has 0 bridgehead atoms. The summed E-state index contributed by atoms with van der Waals surface area (Å²) in [6, 6.07) is 7.56. The van der Waals surface area contributed by atoms with Gasteiger partial charge in [0.25, 0.3) is 5.56 Å². The first-order chi connectivity index (χ1) is 10.7. The van der Waals surface area contributed by atoms with Crippen molar-refractivity contribution in [3.63, 3.8) is 0 Å². The maximum atomic E-state index is 12.4. The molecule has 0 saturated heterocycles. The van der Waals surface area contributed by atoms with E-state index in [0.717, 1.165) is 23.9 Å². The number of fused-ring (bicyclic) bond motifs is 1. The smallest absolute Gasteiger partial charge is 0.283 e. The van der Waals surface area contributed by atoms with E-state index in [9.17, 15) is 9.59 Å². The van der Waals surface area contributed by atoms with Crippen molar-refractivity contribution in [2.24, 2.45) is 0 Å². The van der Waals surface area contributed by atoms with E-state index in [2.05, 4.69) is 17.2 Å². The highest BCUT2D eigenvalue weighted by Crippen LogP contribution is 2.16. The zero-order chi connectivity index (χ0) is 15.9. The van der Waals surface area contributed by atoms with Crippen LogP contribution in [0.1, 0.15) is 26.7 Å². The molecule has 0 aliphatic heterocycles. The van der Waals surface area contributed by atoms with Crippen LogP contribution in [0.25, 0.3) is 11.0 Å². The van der Waals surface area contributed by atoms with Gasteiger partial charge in [-0.15, -0.1) is 0 Å². The molecule has 0 atom stereocenters. The third-order valence-electron chi connectivity index (χ3n) is 3.33. The van der Waals surface area contributed by atoms with Gasteiger partial charge in [-0.25, -0.2) is 4.98 Å². The van der Waals surface area contributed by atoms with Crippen LogP contribution in [0.2, 0.25) is 0 Å². The molecule has 0 aliphatic carbocycles. The van der Waals surface area contributed by atoms with Gasteiger partial charge in [-0.3, -0.25) is 9.59 Å². The molecule has 5 nitrogen and oxygen atoms in total. The van der Waals surface area contributed by atoms with Gasteiger partial charge in [0.05, 0.1) is 16.8 Å². The second kappa shape index (κ2) is 7.98. The number of hydrogen-bond acceptors (Lipinski definition) is 4. The Hall–Kier alpha value is -1.82. The van der Waals surface area contributed by atoms with Crippen molar-refractivity contribution in [1.82, 2.24) is 14.9 Å². The van der Waals surface area contributed by atoms with Gasteiger partial charge in [0.2, 0.25) is 5.91 Å². The molecule has 1 N–H and O–H groups in total. The monoisotopic (exact) mass is 319 g/mol. The molecule has 0 spiro atoms. The Morgan fingerprint density at radius 3 is 2.82 bits per heavy atom. The van der Waals surface area contributed by atoms with Crippen LogP contribution >= 0.6 is 11.8 Å². The molecule has 0 saturated carbocycles. The number of hydrogen-bond donors (Lipinski definition) is 1. The van der Waals surface area contributed by atoms with E-state index in [0.29, 0.717) is 18.1 Å². The fourth-order valence-electron chi connectivity index (χ4n) is 2.17. The van der Waals surface area contributed by atoms with E-state index < -0.39 is 0 Å². The number of aromatic nitrogens is 2. The lowest BCUT2D eigenvalue weighted by atomic mass is 10.3. The van der Waals surface area contributed by atoms with Crippen molar-refractivity contribution in [3.05, 3.63) is 34.6 Å². The van der Waals surface area contributed by atoms with Crippen LogP contribution in [0.4, 0.5) is 0 Å². The van der Waals surface area contributed by atoms with Crippen LogP contribution < -0.4 is 10.9 Å². The van der Waals surface area contributed by atoms with E-state index in [1.807, 2.05) is 31.2 Å². The first-order valence-corrected chi connectivity index (χ1v) is 8.55. The highest BCUT2D eigenvalue weighted by Gasteiger charge is 2.12. The third kappa shape index (κ3) is 3.88. The fourth-order valence-corrected chi connectivity index (χ4v) is 2.93. The number of nitrogens with zero attached hydrogens (tertiary/aromatic N) is 2. The molecule has 2 aromatic rings. The Morgan fingerprint density at radius 1 is 1.32 bits per heavy atom. The molecule has 1 heterocycles. The fraction of sp³-hybridized carbons (Fsp3) is 0.438.